The van der Waals surface area contributed by atoms with Gasteiger partial charge in [0.15, 0.2) is 0 Å². The van der Waals surface area contributed by atoms with E-state index in [-0.39, 0.29) is 24.4 Å². The molecule has 8 nitrogen and oxygen atoms in total. The number of benzene rings is 1. The van der Waals surface area contributed by atoms with E-state index >= 15 is 0 Å². The Labute approximate surface area is 163 Å². The van der Waals surface area contributed by atoms with Crippen molar-refractivity contribution < 1.29 is 14.4 Å². The van der Waals surface area contributed by atoms with E-state index in [1.54, 1.807) is 36.7 Å². The quantitative estimate of drug-likeness (QED) is 0.642. The van der Waals surface area contributed by atoms with Gasteiger partial charge in [0.1, 0.15) is 6.54 Å². The lowest BCUT2D eigenvalue weighted by Gasteiger charge is -2.29. The Bertz CT molecular complexity index is 841. The topological polar surface area (TPSA) is 103 Å². The predicted octanol–water partition coefficient (Wildman–Crippen LogP) is 2.75. The van der Waals surface area contributed by atoms with Crippen molar-refractivity contribution in [2.24, 2.45) is 0 Å². The zero-order chi connectivity index (χ0) is 19.8. The van der Waals surface area contributed by atoms with Crippen molar-refractivity contribution in [1.29, 1.82) is 0 Å². The summed E-state index contributed by atoms with van der Waals surface area (Å²) < 4.78 is 0. The van der Waals surface area contributed by atoms with Gasteiger partial charge in [-0.3, -0.25) is 19.5 Å². The normalized spacial score (nSPS) is 12.7. The SMILES string of the molecule is O=C(CCCCCNC(=O)N1CC(=O)Nc2ccccc21)Nc1ccncc1. The molecular weight excluding hydrogens is 358 g/mol. The van der Waals surface area contributed by atoms with Gasteiger partial charge in [0.05, 0.1) is 11.4 Å². The minimum absolute atomic E-state index is 0.00196. The smallest absolute Gasteiger partial charge is 0.322 e. The van der Waals surface area contributed by atoms with Gasteiger partial charge in [0.2, 0.25) is 11.8 Å². The first-order valence-electron chi connectivity index (χ1n) is 9.27. The van der Waals surface area contributed by atoms with Crippen LogP contribution in [0.4, 0.5) is 21.9 Å². The van der Waals surface area contributed by atoms with Crippen molar-refractivity contribution in [2.45, 2.75) is 25.7 Å². The maximum absolute atomic E-state index is 12.4. The standard InChI is InChI=1S/C20H23N5O3/c26-18(23-15-9-12-21-13-10-15)8-2-1-5-11-22-20(28)25-14-19(27)24-16-6-3-4-7-17(16)25/h3-4,6-7,9-10,12-13H,1-2,5,8,11,14H2,(H,22,28)(H,24,27)(H,21,23,26). The molecule has 0 aliphatic carbocycles. The second kappa shape index (κ2) is 9.50. The average molecular weight is 381 g/mol. The highest BCUT2D eigenvalue weighted by molar-refractivity contribution is 6.09. The molecule has 4 amide bonds. The number of carbonyl (C=O) groups is 3. The Morgan fingerprint density at radius 1 is 1.07 bits per heavy atom. The molecule has 0 radical (unpaired) electrons. The maximum Gasteiger partial charge on any atom is 0.322 e. The monoisotopic (exact) mass is 381 g/mol. The molecule has 0 spiro atoms. The van der Waals surface area contributed by atoms with Gasteiger partial charge < -0.3 is 16.0 Å². The number of hydrogen-bond donors (Lipinski definition) is 3. The number of aromatic nitrogens is 1. The van der Waals surface area contributed by atoms with Gasteiger partial charge in [-0.2, -0.15) is 0 Å². The lowest BCUT2D eigenvalue weighted by Crippen LogP contribution is -2.47. The van der Waals surface area contributed by atoms with E-state index in [0.717, 1.165) is 24.9 Å². The average Bonchev–Trinajstić information content (AvgIpc) is 2.70. The number of amides is 4. The first-order valence-corrected chi connectivity index (χ1v) is 9.27. The van der Waals surface area contributed by atoms with Crippen molar-refractivity contribution in [3.8, 4) is 0 Å². The highest BCUT2D eigenvalue weighted by Crippen LogP contribution is 2.28. The second-order valence-corrected chi connectivity index (χ2v) is 6.48. The number of pyridine rings is 1. The van der Waals surface area contributed by atoms with Crippen molar-refractivity contribution in [2.75, 3.05) is 28.6 Å². The van der Waals surface area contributed by atoms with Crippen LogP contribution in [0, 0.1) is 0 Å². The van der Waals surface area contributed by atoms with E-state index in [2.05, 4.69) is 20.9 Å². The summed E-state index contributed by atoms with van der Waals surface area (Å²) in [6, 6.07) is 10.4. The molecule has 8 heteroatoms. The van der Waals surface area contributed by atoms with E-state index in [4.69, 9.17) is 0 Å². The Hall–Kier alpha value is -3.42. The third-order valence-electron chi connectivity index (χ3n) is 4.34. The summed E-state index contributed by atoms with van der Waals surface area (Å²) in [5.74, 6) is -0.250. The molecule has 2 aromatic rings. The van der Waals surface area contributed by atoms with Crippen molar-refractivity contribution >= 4 is 34.9 Å². The number of urea groups is 1. The van der Waals surface area contributed by atoms with Gasteiger partial charge in [-0.15, -0.1) is 0 Å². The van der Waals surface area contributed by atoms with Gasteiger partial charge >= 0.3 is 6.03 Å². The number of rotatable bonds is 7. The molecule has 1 aliphatic rings. The number of hydrogen-bond acceptors (Lipinski definition) is 4. The Balaban J connectivity index is 1.35. The third kappa shape index (κ3) is 5.29. The van der Waals surface area contributed by atoms with Crippen LogP contribution in [0.1, 0.15) is 25.7 Å². The number of nitrogens with one attached hydrogen (secondary N) is 3. The van der Waals surface area contributed by atoms with Crippen LogP contribution in [0.3, 0.4) is 0 Å². The molecule has 3 rings (SSSR count). The van der Waals surface area contributed by atoms with E-state index in [9.17, 15) is 14.4 Å². The molecule has 146 valence electrons. The van der Waals surface area contributed by atoms with Crippen molar-refractivity contribution in [3.05, 3.63) is 48.8 Å². The Kier molecular flexibility index (Phi) is 6.56. The number of fused-ring (bicyclic) bond motifs is 1. The molecule has 2 heterocycles. The summed E-state index contributed by atoms with van der Waals surface area (Å²) in [5.41, 5.74) is 2.06. The first-order chi connectivity index (χ1) is 13.6. The summed E-state index contributed by atoms with van der Waals surface area (Å²) in [4.78, 5) is 41.4. The maximum atomic E-state index is 12.4. The lowest BCUT2D eigenvalue weighted by molar-refractivity contribution is -0.116. The van der Waals surface area contributed by atoms with Crippen LogP contribution >= 0.6 is 0 Å². The summed E-state index contributed by atoms with van der Waals surface area (Å²) in [5, 5.41) is 8.41. The number of unbranched alkanes of at least 4 members (excludes halogenated alkanes) is 2. The fourth-order valence-electron chi connectivity index (χ4n) is 2.95. The van der Waals surface area contributed by atoms with E-state index < -0.39 is 0 Å². The second-order valence-electron chi connectivity index (χ2n) is 6.48. The summed E-state index contributed by atoms with van der Waals surface area (Å²) in [6.45, 7) is 0.489. The fourth-order valence-corrected chi connectivity index (χ4v) is 2.95. The largest absolute Gasteiger partial charge is 0.338 e. The van der Waals surface area contributed by atoms with Crippen LogP contribution in [0.15, 0.2) is 48.8 Å². The Morgan fingerprint density at radius 3 is 2.68 bits per heavy atom. The number of carbonyl (C=O) groups excluding carboxylic acids is 3. The van der Waals surface area contributed by atoms with E-state index in [0.29, 0.717) is 24.3 Å². The summed E-state index contributed by atoms with van der Waals surface area (Å²) in [6.07, 6.45) is 6.00. The molecule has 0 fully saturated rings. The van der Waals surface area contributed by atoms with Crippen LogP contribution in [-0.2, 0) is 9.59 Å². The van der Waals surface area contributed by atoms with Crippen molar-refractivity contribution in [1.82, 2.24) is 10.3 Å². The number of anilines is 3. The molecule has 1 aliphatic heterocycles. The zero-order valence-corrected chi connectivity index (χ0v) is 15.5. The molecular formula is C20H23N5O3. The molecule has 0 saturated heterocycles. The molecule has 0 atom stereocenters. The summed E-state index contributed by atoms with van der Waals surface area (Å²) >= 11 is 0. The minimum Gasteiger partial charge on any atom is -0.338 e. The fraction of sp³-hybridized carbons (Fsp3) is 0.300. The van der Waals surface area contributed by atoms with Gasteiger partial charge in [-0.1, -0.05) is 18.6 Å². The van der Waals surface area contributed by atoms with Crippen LogP contribution in [0.5, 0.6) is 0 Å². The molecule has 0 saturated carbocycles. The van der Waals surface area contributed by atoms with E-state index in [1.165, 1.54) is 4.90 Å². The highest BCUT2D eigenvalue weighted by atomic mass is 16.2. The lowest BCUT2D eigenvalue weighted by atomic mass is 10.2. The van der Waals surface area contributed by atoms with E-state index in [1.807, 2.05) is 12.1 Å². The van der Waals surface area contributed by atoms with Gasteiger partial charge in [0, 0.05) is 31.0 Å². The molecule has 0 unspecified atom stereocenters. The third-order valence-corrected chi connectivity index (χ3v) is 4.34. The van der Waals surface area contributed by atoms with Crippen LogP contribution in [0.25, 0.3) is 0 Å². The predicted molar refractivity (Wildman–Crippen MR) is 107 cm³/mol. The minimum atomic E-state index is -0.294. The highest BCUT2D eigenvalue weighted by Gasteiger charge is 2.26. The zero-order valence-electron chi connectivity index (χ0n) is 15.5. The molecule has 3 N–H and O–H groups in total. The van der Waals surface area contributed by atoms with Gasteiger partial charge in [-0.05, 0) is 37.1 Å². The van der Waals surface area contributed by atoms with Crippen molar-refractivity contribution in [3.63, 3.8) is 0 Å². The molecule has 28 heavy (non-hydrogen) atoms. The molecule has 0 bridgehead atoms. The van der Waals surface area contributed by atoms with Crippen LogP contribution in [0.2, 0.25) is 0 Å². The number of nitrogens with zero attached hydrogens (tertiary/aromatic N) is 2. The molecule has 1 aromatic heterocycles. The first kappa shape index (κ1) is 19.3. The molecule has 1 aromatic carbocycles. The summed E-state index contributed by atoms with van der Waals surface area (Å²) in [7, 11) is 0. The van der Waals surface area contributed by atoms with Crippen LogP contribution in [-0.4, -0.2) is 35.9 Å². The van der Waals surface area contributed by atoms with Gasteiger partial charge in [-0.25, -0.2) is 4.79 Å². The number of para-hydroxylation sites is 2. The van der Waals surface area contributed by atoms with Crippen LogP contribution < -0.4 is 20.9 Å². The Morgan fingerprint density at radius 2 is 1.86 bits per heavy atom. The van der Waals surface area contributed by atoms with Gasteiger partial charge in [0.25, 0.3) is 0 Å².